The maximum atomic E-state index is 11.9. The van der Waals surface area contributed by atoms with Gasteiger partial charge in [0.1, 0.15) is 17.2 Å². The van der Waals surface area contributed by atoms with Gasteiger partial charge >= 0.3 is 6.18 Å². The molecule has 0 fully saturated rings. The van der Waals surface area contributed by atoms with Crippen molar-refractivity contribution in [3.8, 4) is 0 Å². The molecule has 1 rings (SSSR count). The Bertz CT molecular complexity index is 516. The number of nitrogens with two attached hydrogens (primary N) is 1. The van der Waals surface area contributed by atoms with E-state index in [4.69, 9.17) is 5.73 Å². The molecule has 1 unspecified atom stereocenters. The molecule has 3 N–H and O–H groups in total. The second-order valence-electron chi connectivity index (χ2n) is 4.41. The van der Waals surface area contributed by atoms with Crippen LogP contribution >= 0.6 is 11.3 Å². The maximum Gasteiger partial charge on any atom is 0.405 e. The fourth-order valence-corrected chi connectivity index (χ4v) is 2.08. The number of likely N-dealkylation sites (N-methyl/N-ethyl adjacent to an activating group) is 1. The third-order valence-electron chi connectivity index (χ3n) is 2.34. The average molecular weight is 324 g/mol. The summed E-state index contributed by atoms with van der Waals surface area (Å²) in [6.07, 6.45) is -4.49. The summed E-state index contributed by atoms with van der Waals surface area (Å²) in [4.78, 5) is 28.3. The Balaban J connectivity index is 2.56. The van der Waals surface area contributed by atoms with Crippen molar-refractivity contribution in [3.05, 3.63) is 16.1 Å². The highest BCUT2D eigenvalue weighted by molar-refractivity contribution is 7.09. The number of aromatic nitrogens is 1. The predicted molar refractivity (Wildman–Crippen MR) is 70.7 cm³/mol. The van der Waals surface area contributed by atoms with Crippen molar-refractivity contribution in [1.29, 1.82) is 0 Å². The summed E-state index contributed by atoms with van der Waals surface area (Å²) >= 11 is 1.20. The van der Waals surface area contributed by atoms with Gasteiger partial charge < -0.3 is 16.0 Å². The molecule has 6 nitrogen and oxygen atoms in total. The molecular weight excluding hydrogens is 309 g/mol. The summed E-state index contributed by atoms with van der Waals surface area (Å²) in [6, 6.07) is -0.322. The van der Waals surface area contributed by atoms with Gasteiger partial charge in [-0.25, -0.2) is 4.98 Å². The molecule has 1 heterocycles. The Morgan fingerprint density at radius 1 is 1.52 bits per heavy atom. The van der Waals surface area contributed by atoms with E-state index in [1.165, 1.54) is 23.8 Å². The number of thiazole rings is 1. The number of nitrogens with one attached hydrogen (secondary N) is 1. The number of alkyl halides is 3. The van der Waals surface area contributed by atoms with E-state index in [0.717, 1.165) is 4.90 Å². The Hall–Kier alpha value is -1.68. The number of amides is 2. The van der Waals surface area contributed by atoms with Crippen molar-refractivity contribution in [2.24, 2.45) is 5.73 Å². The molecule has 0 spiro atoms. The lowest BCUT2D eigenvalue weighted by atomic mass is 10.3. The molecule has 0 radical (unpaired) electrons. The lowest BCUT2D eigenvalue weighted by Gasteiger charge is -2.16. The second kappa shape index (κ2) is 6.85. The number of carbonyl (C=O) groups is 2. The molecule has 21 heavy (non-hydrogen) atoms. The Morgan fingerprint density at radius 2 is 2.14 bits per heavy atom. The Morgan fingerprint density at radius 3 is 2.62 bits per heavy atom. The third kappa shape index (κ3) is 5.68. The van der Waals surface area contributed by atoms with Crippen LogP contribution in [0.5, 0.6) is 0 Å². The van der Waals surface area contributed by atoms with Crippen molar-refractivity contribution in [1.82, 2.24) is 15.2 Å². The molecular formula is C11H15F3N4O2S. The molecule has 1 aromatic heterocycles. The van der Waals surface area contributed by atoms with Gasteiger partial charge in [-0.15, -0.1) is 11.3 Å². The van der Waals surface area contributed by atoms with Crippen molar-refractivity contribution >= 4 is 23.2 Å². The molecule has 0 bridgehead atoms. The van der Waals surface area contributed by atoms with Gasteiger partial charge in [0, 0.05) is 12.4 Å². The van der Waals surface area contributed by atoms with Crippen molar-refractivity contribution in [3.63, 3.8) is 0 Å². The first-order chi connectivity index (χ1) is 9.60. The summed E-state index contributed by atoms with van der Waals surface area (Å²) in [5.74, 6) is -1.45. The summed E-state index contributed by atoms with van der Waals surface area (Å²) in [5.41, 5.74) is 5.73. The number of hydrogen-bond acceptors (Lipinski definition) is 5. The Kier molecular flexibility index (Phi) is 5.67. The van der Waals surface area contributed by atoms with Crippen LogP contribution < -0.4 is 11.1 Å². The summed E-state index contributed by atoms with van der Waals surface area (Å²) in [5, 5.41) is 3.74. The molecule has 0 aromatic carbocycles. The van der Waals surface area contributed by atoms with Gasteiger partial charge in [-0.2, -0.15) is 13.2 Å². The van der Waals surface area contributed by atoms with E-state index in [1.807, 2.05) is 0 Å². The number of nitrogens with zero attached hydrogens (tertiary/aromatic N) is 2. The van der Waals surface area contributed by atoms with Crippen LogP contribution in [0.25, 0.3) is 0 Å². The van der Waals surface area contributed by atoms with E-state index in [0.29, 0.717) is 5.01 Å². The van der Waals surface area contributed by atoms with Gasteiger partial charge in [-0.05, 0) is 6.92 Å². The van der Waals surface area contributed by atoms with E-state index in [2.05, 4.69) is 4.98 Å². The highest BCUT2D eigenvalue weighted by Crippen LogP contribution is 2.16. The molecule has 0 aliphatic carbocycles. The SMILES string of the molecule is CC(N)c1nc(C(=O)N(C)CC(=O)NCC(F)(F)F)cs1. The summed E-state index contributed by atoms with van der Waals surface area (Å²) in [6.45, 7) is -0.208. The largest absolute Gasteiger partial charge is 0.405 e. The fourth-order valence-electron chi connectivity index (χ4n) is 1.33. The number of hydrogen-bond donors (Lipinski definition) is 2. The van der Waals surface area contributed by atoms with Crippen LogP contribution in [-0.2, 0) is 4.79 Å². The van der Waals surface area contributed by atoms with Crippen LogP contribution in [0.15, 0.2) is 5.38 Å². The van der Waals surface area contributed by atoms with Gasteiger partial charge in [0.25, 0.3) is 5.91 Å². The van der Waals surface area contributed by atoms with E-state index in [9.17, 15) is 22.8 Å². The highest BCUT2D eigenvalue weighted by Gasteiger charge is 2.28. The van der Waals surface area contributed by atoms with E-state index in [-0.39, 0.29) is 11.7 Å². The van der Waals surface area contributed by atoms with Gasteiger partial charge in [-0.1, -0.05) is 0 Å². The smallest absolute Gasteiger partial charge is 0.345 e. The normalized spacial score (nSPS) is 12.9. The van der Waals surface area contributed by atoms with Crippen LogP contribution in [0.3, 0.4) is 0 Å². The topological polar surface area (TPSA) is 88.3 Å². The standard InChI is InChI=1S/C11H15F3N4O2S/c1-6(15)9-17-7(4-21-9)10(20)18(2)3-8(19)16-5-11(12,13)14/h4,6H,3,5,15H2,1-2H3,(H,16,19). The molecule has 0 aliphatic rings. The van der Waals surface area contributed by atoms with Crippen LogP contribution in [0, 0.1) is 0 Å². The minimum Gasteiger partial charge on any atom is -0.345 e. The zero-order chi connectivity index (χ0) is 16.2. The predicted octanol–water partition coefficient (Wildman–Crippen LogP) is 0.913. The van der Waals surface area contributed by atoms with Crippen molar-refractivity contribution in [2.45, 2.75) is 19.1 Å². The third-order valence-corrected chi connectivity index (χ3v) is 3.39. The van der Waals surface area contributed by atoms with Gasteiger partial charge in [0.2, 0.25) is 5.91 Å². The van der Waals surface area contributed by atoms with Gasteiger partial charge in [-0.3, -0.25) is 9.59 Å². The minimum atomic E-state index is -4.49. The number of rotatable bonds is 5. The maximum absolute atomic E-state index is 11.9. The van der Waals surface area contributed by atoms with Crippen LogP contribution in [0.2, 0.25) is 0 Å². The zero-order valence-corrected chi connectivity index (χ0v) is 12.2. The minimum absolute atomic E-state index is 0.110. The molecule has 1 atom stereocenters. The van der Waals surface area contributed by atoms with Crippen LogP contribution in [-0.4, -0.2) is 48.0 Å². The zero-order valence-electron chi connectivity index (χ0n) is 11.4. The molecule has 2 amide bonds. The second-order valence-corrected chi connectivity index (χ2v) is 5.30. The molecule has 0 saturated carbocycles. The lowest BCUT2D eigenvalue weighted by Crippen LogP contribution is -2.41. The van der Waals surface area contributed by atoms with E-state index >= 15 is 0 Å². The number of halogens is 3. The fraction of sp³-hybridized carbons (Fsp3) is 0.545. The van der Waals surface area contributed by atoms with Crippen LogP contribution in [0.4, 0.5) is 13.2 Å². The average Bonchev–Trinajstić information content (AvgIpc) is 2.84. The summed E-state index contributed by atoms with van der Waals surface area (Å²) < 4.78 is 35.8. The van der Waals surface area contributed by atoms with E-state index < -0.39 is 31.1 Å². The Labute approximate surface area is 123 Å². The summed E-state index contributed by atoms with van der Waals surface area (Å²) in [7, 11) is 1.31. The first-order valence-corrected chi connectivity index (χ1v) is 6.78. The van der Waals surface area contributed by atoms with Crippen molar-refractivity contribution < 1.29 is 22.8 Å². The highest BCUT2D eigenvalue weighted by atomic mass is 32.1. The number of carbonyl (C=O) groups excluding carboxylic acids is 2. The van der Waals surface area contributed by atoms with E-state index in [1.54, 1.807) is 12.2 Å². The molecule has 10 heteroatoms. The molecule has 0 aliphatic heterocycles. The first-order valence-electron chi connectivity index (χ1n) is 5.90. The quantitative estimate of drug-likeness (QED) is 0.843. The lowest BCUT2D eigenvalue weighted by molar-refractivity contribution is -0.138. The monoisotopic (exact) mass is 324 g/mol. The molecule has 0 saturated heterocycles. The van der Waals surface area contributed by atoms with Gasteiger partial charge in [0.05, 0.1) is 12.6 Å². The molecule has 1 aromatic rings. The first kappa shape index (κ1) is 17.4. The van der Waals surface area contributed by atoms with Crippen LogP contribution in [0.1, 0.15) is 28.5 Å². The van der Waals surface area contributed by atoms with Crippen molar-refractivity contribution in [2.75, 3.05) is 20.1 Å². The van der Waals surface area contributed by atoms with Gasteiger partial charge in [0.15, 0.2) is 0 Å². The molecule has 118 valence electrons.